The average Bonchev–Trinajstić information content (AvgIpc) is 3.22. The van der Waals surface area contributed by atoms with Crippen molar-refractivity contribution in [1.29, 1.82) is 0 Å². The molecule has 2 aromatic heterocycles. The molecule has 0 atom stereocenters. The molecule has 2 aromatic rings. The molecule has 2 N–H and O–H groups in total. The van der Waals surface area contributed by atoms with Crippen molar-refractivity contribution in [3.63, 3.8) is 0 Å². The number of rotatable bonds is 7. The van der Waals surface area contributed by atoms with E-state index in [1.54, 1.807) is 23.7 Å². The summed E-state index contributed by atoms with van der Waals surface area (Å²) in [6, 6.07) is 6.06. The monoisotopic (exact) mass is 373 g/mol. The molecule has 1 saturated heterocycles. The highest BCUT2D eigenvalue weighted by Crippen LogP contribution is 2.09. The molecule has 0 aliphatic carbocycles. The first kappa shape index (κ1) is 18.6. The molecule has 8 heteroatoms. The van der Waals surface area contributed by atoms with E-state index in [0.29, 0.717) is 0 Å². The number of hydrogen-bond acceptors (Lipinski definition) is 6. The summed E-state index contributed by atoms with van der Waals surface area (Å²) in [6.07, 6.45) is 4.71. The molecule has 3 heterocycles. The molecular formula is C18H27N7S. The van der Waals surface area contributed by atoms with E-state index in [-0.39, 0.29) is 0 Å². The van der Waals surface area contributed by atoms with E-state index in [0.717, 1.165) is 64.1 Å². The van der Waals surface area contributed by atoms with Crippen LogP contribution in [0.5, 0.6) is 0 Å². The highest BCUT2D eigenvalue weighted by atomic mass is 32.1. The molecule has 1 aliphatic heterocycles. The smallest absolute Gasteiger partial charge is 0.225 e. The third-order valence-corrected chi connectivity index (χ3v) is 5.26. The van der Waals surface area contributed by atoms with Gasteiger partial charge in [-0.2, -0.15) is 0 Å². The van der Waals surface area contributed by atoms with Crippen molar-refractivity contribution < 1.29 is 0 Å². The lowest BCUT2D eigenvalue weighted by Crippen LogP contribution is -2.47. The molecular weight excluding hydrogens is 346 g/mol. The second-order valence-corrected chi connectivity index (χ2v) is 7.20. The molecule has 0 radical (unpaired) electrons. The van der Waals surface area contributed by atoms with Gasteiger partial charge in [0.2, 0.25) is 5.95 Å². The summed E-state index contributed by atoms with van der Waals surface area (Å²) in [7, 11) is 1.81. The molecule has 0 saturated carbocycles. The van der Waals surface area contributed by atoms with Gasteiger partial charge in [0.1, 0.15) is 0 Å². The van der Waals surface area contributed by atoms with Gasteiger partial charge in [-0.3, -0.25) is 9.89 Å². The lowest BCUT2D eigenvalue weighted by atomic mass is 10.3. The summed E-state index contributed by atoms with van der Waals surface area (Å²) in [5.74, 6) is 1.71. The van der Waals surface area contributed by atoms with Gasteiger partial charge < -0.3 is 15.5 Å². The SMILES string of the molecule is CN=C(NCCCN1CCN(c2ncccn2)CC1)NCc1cccs1. The Balaban J connectivity index is 1.29. The van der Waals surface area contributed by atoms with E-state index in [1.807, 2.05) is 13.1 Å². The van der Waals surface area contributed by atoms with Crippen LogP contribution in [0.25, 0.3) is 0 Å². The second kappa shape index (κ2) is 10.1. The Morgan fingerprint density at radius 3 is 2.65 bits per heavy atom. The maximum Gasteiger partial charge on any atom is 0.225 e. The Hall–Kier alpha value is -2.19. The number of nitrogens with one attached hydrogen (secondary N) is 2. The normalized spacial score (nSPS) is 15.9. The fourth-order valence-corrected chi connectivity index (χ4v) is 3.58. The standard InChI is InChI=1S/C18H27N7S/c1-19-17(23-15-16-5-2-14-26-16)20-8-4-9-24-10-12-25(13-11-24)18-21-6-3-7-22-18/h2-3,5-7,14H,4,8-13,15H2,1H3,(H2,19,20,23). The molecule has 0 aromatic carbocycles. The number of aromatic nitrogens is 2. The first-order valence-corrected chi connectivity index (χ1v) is 9.94. The van der Waals surface area contributed by atoms with Crippen LogP contribution < -0.4 is 15.5 Å². The molecule has 1 aliphatic rings. The Bertz CT molecular complexity index is 651. The number of piperazine rings is 1. The lowest BCUT2D eigenvalue weighted by Gasteiger charge is -2.34. The Labute approximate surface area is 159 Å². The van der Waals surface area contributed by atoms with Crippen molar-refractivity contribution in [1.82, 2.24) is 25.5 Å². The fourth-order valence-electron chi connectivity index (χ4n) is 2.94. The largest absolute Gasteiger partial charge is 0.356 e. The molecule has 140 valence electrons. The van der Waals surface area contributed by atoms with E-state index in [4.69, 9.17) is 0 Å². The molecule has 0 bridgehead atoms. The Morgan fingerprint density at radius 2 is 1.96 bits per heavy atom. The number of nitrogens with zero attached hydrogens (tertiary/aromatic N) is 5. The van der Waals surface area contributed by atoms with E-state index in [9.17, 15) is 0 Å². The third kappa shape index (κ3) is 5.67. The fraction of sp³-hybridized carbons (Fsp3) is 0.500. The van der Waals surface area contributed by atoms with Crippen LogP contribution >= 0.6 is 11.3 Å². The molecule has 3 rings (SSSR count). The van der Waals surface area contributed by atoms with Gasteiger partial charge in [-0.15, -0.1) is 11.3 Å². The van der Waals surface area contributed by atoms with Crippen molar-refractivity contribution in [3.8, 4) is 0 Å². The first-order chi connectivity index (χ1) is 12.8. The molecule has 0 spiro atoms. The number of anilines is 1. The van der Waals surface area contributed by atoms with Gasteiger partial charge in [-0.25, -0.2) is 9.97 Å². The van der Waals surface area contributed by atoms with Gasteiger partial charge in [0.15, 0.2) is 5.96 Å². The molecule has 7 nitrogen and oxygen atoms in total. The van der Waals surface area contributed by atoms with Crippen LogP contribution in [0, 0.1) is 0 Å². The summed E-state index contributed by atoms with van der Waals surface area (Å²) >= 11 is 1.76. The van der Waals surface area contributed by atoms with Crippen molar-refractivity contribution >= 4 is 23.2 Å². The first-order valence-electron chi connectivity index (χ1n) is 9.06. The average molecular weight is 374 g/mol. The van der Waals surface area contributed by atoms with Crippen molar-refractivity contribution in [3.05, 3.63) is 40.8 Å². The van der Waals surface area contributed by atoms with Crippen molar-refractivity contribution in [2.75, 3.05) is 51.2 Å². The minimum atomic E-state index is 0.820. The molecule has 26 heavy (non-hydrogen) atoms. The predicted octanol–water partition coefficient (Wildman–Crippen LogP) is 1.42. The van der Waals surface area contributed by atoms with Gasteiger partial charge in [0.05, 0.1) is 6.54 Å². The maximum atomic E-state index is 4.33. The van der Waals surface area contributed by atoms with E-state index in [1.165, 1.54) is 4.88 Å². The minimum Gasteiger partial charge on any atom is -0.356 e. The molecule has 0 amide bonds. The number of aliphatic imine (C=N–C) groups is 1. The number of guanidine groups is 1. The van der Waals surface area contributed by atoms with Crippen molar-refractivity contribution in [2.24, 2.45) is 4.99 Å². The van der Waals surface area contributed by atoms with Gasteiger partial charge in [-0.1, -0.05) is 6.07 Å². The van der Waals surface area contributed by atoms with Gasteiger partial charge in [0.25, 0.3) is 0 Å². The predicted molar refractivity (Wildman–Crippen MR) is 108 cm³/mol. The van der Waals surface area contributed by atoms with Crippen LogP contribution in [0.1, 0.15) is 11.3 Å². The third-order valence-electron chi connectivity index (χ3n) is 4.38. The highest BCUT2D eigenvalue weighted by molar-refractivity contribution is 7.09. The highest BCUT2D eigenvalue weighted by Gasteiger charge is 2.18. The summed E-state index contributed by atoms with van der Waals surface area (Å²) < 4.78 is 0. The van der Waals surface area contributed by atoms with Crippen LogP contribution in [0.2, 0.25) is 0 Å². The van der Waals surface area contributed by atoms with Crippen LogP contribution in [0.3, 0.4) is 0 Å². The van der Waals surface area contributed by atoms with Crippen LogP contribution in [-0.2, 0) is 6.54 Å². The maximum absolute atomic E-state index is 4.33. The van der Waals surface area contributed by atoms with Crippen LogP contribution in [-0.4, -0.2) is 67.1 Å². The topological polar surface area (TPSA) is 68.7 Å². The number of hydrogen-bond donors (Lipinski definition) is 2. The minimum absolute atomic E-state index is 0.820. The lowest BCUT2D eigenvalue weighted by molar-refractivity contribution is 0.254. The van der Waals surface area contributed by atoms with Crippen LogP contribution in [0.4, 0.5) is 5.95 Å². The molecule has 0 unspecified atom stereocenters. The van der Waals surface area contributed by atoms with Crippen LogP contribution in [0.15, 0.2) is 41.0 Å². The summed E-state index contributed by atoms with van der Waals surface area (Å²) in [5, 5.41) is 8.84. The summed E-state index contributed by atoms with van der Waals surface area (Å²) in [5.41, 5.74) is 0. The van der Waals surface area contributed by atoms with Gasteiger partial charge in [-0.05, 0) is 30.5 Å². The van der Waals surface area contributed by atoms with E-state index < -0.39 is 0 Å². The summed E-state index contributed by atoms with van der Waals surface area (Å²) in [6.45, 7) is 6.93. The van der Waals surface area contributed by atoms with Crippen molar-refractivity contribution in [2.45, 2.75) is 13.0 Å². The summed E-state index contributed by atoms with van der Waals surface area (Å²) in [4.78, 5) is 19.0. The van der Waals surface area contributed by atoms with E-state index in [2.05, 4.69) is 52.9 Å². The second-order valence-electron chi connectivity index (χ2n) is 6.16. The zero-order valence-corrected chi connectivity index (χ0v) is 16.1. The Morgan fingerprint density at radius 1 is 1.15 bits per heavy atom. The zero-order valence-electron chi connectivity index (χ0n) is 15.3. The van der Waals surface area contributed by atoms with E-state index >= 15 is 0 Å². The van der Waals surface area contributed by atoms with Gasteiger partial charge in [0, 0.05) is 57.0 Å². The van der Waals surface area contributed by atoms with Gasteiger partial charge >= 0.3 is 0 Å². The zero-order chi connectivity index (χ0) is 18.0. The number of thiophene rings is 1. The quantitative estimate of drug-likeness (QED) is 0.435. The Kier molecular flexibility index (Phi) is 7.21. The molecule has 1 fully saturated rings.